The Morgan fingerprint density at radius 1 is 0.541 bits per heavy atom. The summed E-state index contributed by atoms with van der Waals surface area (Å²) in [5, 5.41) is 5.13. The molecule has 1 amide bonds. The minimum atomic E-state index is -1.32. The molecule has 0 radical (unpaired) electrons. The van der Waals surface area contributed by atoms with E-state index in [9.17, 15) is 24.0 Å². The van der Waals surface area contributed by atoms with Crippen LogP contribution in [0.3, 0.4) is 0 Å². The van der Waals surface area contributed by atoms with Crippen LogP contribution in [0.1, 0.15) is 95.9 Å². The lowest BCUT2D eigenvalue weighted by atomic mass is 10.1. The Morgan fingerprint density at radius 3 is 1.22 bits per heavy atom. The highest BCUT2D eigenvalue weighted by molar-refractivity contribution is 5.89. The first-order valence-corrected chi connectivity index (χ1v) is 12.3. The van der Waals surface area contributed by atoms with E-state index in [1.54, 1.807) is 83.1 Å². The fraction of sp³-hybridized carbons (Fsp3) is 0.808. The number of rotatable bonds is 10. The van der Waals surface area contributed by atoms with Gasteiger partial charge in [0.05, 0.1) is 19.4 Å². The van der Waals surface area contributed by atoms with E-state index in [-0.39, 0.29) is 6.42 Å². The Labute approximate surface area is 220 Å². The molecule has 0 aliphatic heterocycles. The van der Waals surface area contributed by atoms with E-state index in [2.05, 4.69) is 10.6 Å². The summed E-state index contributed by atoms with van der Waals surface area (Å²) in [7, 11) is 0. The van der Waals surface area contributed by atoms with Crippen molar-refractivity contribution < 1.29 is 42.9 Å². The lowest BCUT2D eigenvalue weighted by molar-refractivity contribution is -0.165. The van der Waals surface area contributed by atoms with Crippen molar-refractivity contribution in [2.75, 3.05) is 6.54 Å². The Balaban J connectivity index is 5.51. The van der Waals surface area contributed by atoms with Crippen molar-refractivity contribution in [2.24, 2.45) is 0 Å². The van der Waals surface area contributed by atoms with E-state index in [0.717, 1.165) is 0 Å². The number of esters is 4. The van der Waals surface area contributed by atoms with Gasteiger partial charge in [-0.15, -0.1) is 0 Å². The zero-order valence-corrected chi connectivity index (χ0v) is 24.5. The van der Waals surface area contributed by atoms with Crippen LogP contribution in [-0.4, -0.2) is 70.8 Å². The normalized spacial score (nSPS) is 14.2. The molecule has 2 atom stereocenters. The average Bonchev–Trinajstić information content (AvgIpc) is 2.58. The highest BCUT2D eigenvalue weighted by Gasteiger charge is 2.33. The highest BCUT2D eigenvalue weighted by atomic mass is 16.6. The summed E-state index contributed by atoms with van der Waals surface area (Å²) in [6.45, 7) is 19.6. The highest BCUT2D eigenvalue weighted by Crippen LogP contribution is 2.15. The zero-order chi connectivity index (χ0) is 29.4. The monoisotopic (exact) mass is 530 g/mol. The number of ether oxygens (including phenoxy) is 4. The Bertz CT molecular complexity index is 825. The molecular weight excluding hydrogens is 484 g/mol. The van der Waals surface area contributed by atoms with E-state index in [1.165, 1.54) is 0 Å². The lowest BCUT2D eigenvalue weighted by Crippen LogP contribution is -2.51. The van der Waals surface area contributed by atoms with Gasteiger partial charge in [-0.1, -0.05) is 0 Å². The molecule has 37 heavy (non-hydrogen) atoms. The number of nitrogens with one attached hydrogen (secondary N) is 2. The van der Waals surface area contributed by atoms with Crippen LogP contribution in [0.25, 0.3) is 0 Å². The predicted octanol–water partition coefficient (Wildman–Crippen LogP) is 2.58. The summed E-state index contributed by atoms with van der Waals surface area (Å²) < 4.78 is 21.2. The summed E-state index contributed by atoms with van der Waals surface area (Å²) in [6.07, 6.45) is -0.835. The van der Waals surface area contributed by atoms with E-state index in [1.807, 2.05) is 0 Å². The topological polar surface area (TPSA) is 146 Å². The minimum absolute atomic E-state index is 0.382. The largest absolute Gasteiger partial charge is 0.460 e. The smallest absolute Gasteiger partial charge is 0.329 e. The van der Waals surface area contributed by atoms with Crippen molar-refractivity contribution in [1.29, 1.82) is 0 Å². The molecule has 0 bridgehead atoms. The quantitative estimate of drug-likeness (QED) is 0.319. The maximum absolute atomic E-state index is 12.7. The maximum atomic E-state index is 12.7. The fourth-order valence-corrected chi connectivity index (χ4v) is 2.74. The van der Waals surface area contributed by atoms with Gasteiger partial charge in [-0.05, 0) is 83.1 Å². The molecule has 0 saturated carbocycles. The van der Waals surface area contributed by atoms with Crippen LogP contribution < -0.4 is 10.6 Å². The van der Waals surface area contributed by atoms with Gasteiger partial charge in [0.1, 0.15) is 34.5 Å². The van der Waals surface area contributed by atoms with Gasteiger partial charge >= 0.3 is 23.9 Å². The molecule has 214 valence electrons. The van der Waals surface area contributed by atoms with Crippen molar-refractivity contribution in [3.63, 3.8) is 0 Å². The number of amides is 1. The minimum Gasteiger partial charge on any atom is -0.460 e. The average molecular weight is 531 g/mol. The molecule has 2 N–H and O–H groups in total. The van der Waals surface area contributed by atoms with Crippen molar-refractivity contribution >= 4 is 29.8 Å². The molecule has 0 aromatic heterocycles. The molecular formula is C26H46N2O9. The second kappa shape index (κ2) is 13.2. The SMILES string of the molecule is CC(C)(C)OC(=O)CC(NCC(=O)NC(CC(=O)OC(C)(C)C)C(=O)OC(C)(C)C)C(=O)OC(C)(C)C. The molecule has 0 fully saturated rings. The van der Waals surface area contributed by atoms with Gasteiger partial charge in [0, 0.05) is 0 Å². The Hall–Kier alpha value is -2.69. The van der Waals surface area contributed by atoms with Gasteiger partial charge in [-0.2, -0.15) is 0 Å². The van der Waals surface area contributed by atoms with Crippen LogP contribution >= 0.6 is 0 Å². The molecule has 2 unspecified atom stereocenters. The molecule has 11 heteroatoms. The first-order chi connectivity index (χ1) is 16.4. The molecule has 0 spiro atoms. The van der Waals surface area contributed by atoms with Gasteiger partial charge < -0.3 is 24.3 Å². The molecule has 0 aromatic carbocycles. The molecule has 0 rings (SSSR count). The van der Waals surface area contributed by atoms with Crippen LogP contribution in [0.2, 0.25) is 0 Å². The van der Waals surface area contributed by atoms with Crippen molar-refractivity contribution in [3.8, 4) is 0 Å². The van der Waals surface area contributed by atoms with Gasteiger partial charge in [0.2, 0.25) is 5.91 Å². The maximum Gasteiger partial charge on any atom is 0.329 e. The third-order valence-electron chi connectivity index (χ3n) is 3.81. The predicted molar refractivity (Wildman–Crippen MR) is 136 cm³/mol. The lowest BCUT2D eigenvalue weighted by Gasteiger charge is -2.27. The number of carbonyl (C=O) groups excluding carboxylic acids is 5. The van der Waals surface area contributed by atoms with Gasteiger partial charge in [0.15, 0.2) is 0 Å². The summed E-state index contributed by atoms with van der Waals surface area (Å²) in [5.41, 5.74) is -3.25. The second-order valence-electron chi connectivity index (χ2n) is 12.7. The van der Waals surface area contributed by atoms with Crippen LogP contribution in [0.5, 0.6) is 0 Å². The van der Waals surface area contributed by atoms with Crippen molar-refractivity contribution in [1.82, 2.24) is 10.6 Å². The molecule has 11 nitrogen and oxygen atoms in total. The van der Waals surface area contributed by atoms with Gasteiger partial charge in [-0.25, -0.2) is 4.79 Å². The van der Waals surface area contributed by atoms with E-state index < -0.39 is 77.2 Å². The second-order valence-corrected chi connectivity index (χ2v) is 12.7. The Morgan fingerprint density at radius 2 is 0.865 bits per heavy atom. The number of hydrogen-bond donors (Lipinski definition) is 2. The third kappa shape index (κ3) is 18.2. The van der Waals surface area contributed by atoms with Crippen LogP contribution in [0.15, 0.2) is 0 Å². The molecule has 0 aliphatic rings. The van der Waals surface area contributed by atoms with Crippen molar-refractivity contribution in [2.45, 2.75) is 130 Å². The molecule has 0 aliphatic carbocycles. The third-order valence-corrected chi connectivity index (χ3v) is 3.81. The van der Waals surface area contributed by atoms with Crippen molar-refractivity contribution in [3.05, 3.63) is 0 Å². The standard InChI is InChI=1S/C26H46N2O9/c1-23(2,3)34-19(30)13-16(21(32)36-25(7,8)9)27-15-18(29)28-17(22(33)37-26(10,11)12)14-20(31)35-24(4,5)6/h16-17,27H,13-15H2,1-12H3,(H,28,29). The molecule has 0 aromatic rings. The van der Waals surface area contributed by atoms with Crippen LogP contribution in [-0.2, 0) is 42.9 Å². The van der Waals surface area contributed by atoms with Crippen LogP contribution in [0.4, 0.5) is 0 Å². The summed E-state index contributed by atoms with van der Waals surface area (Å²) >= 11 is 0. The Kier molecular flexibility index (Phi) is 12.2. The fourth-order valence-electron chi connectivity index (χ4n) is 2.74. The van der Waals surface area contributed by atoms with Gasteiger partial charge in [-0.3, -0.25) is 24.5 Å². The number of carbonyl (C=O) groups is 5. The first kappa shape index (κ1) is 34.3. The summed E-state index contributed by atoms with van der Waals surface area (Å²) in [6, 6.07) is -2.51. The molecule has 0 saturated heterocycles. The van der Waals surface area contributed by atoms with Crippen LogP contribution in [0, 0.1) is 0 Å². The van der Waals surface area contributed by atoms with E-state index in [0.29, 0.717) is 0 Å². The number of hydrogen-bond acceptors (Lipinski definition) is 10. The first-order valence-electron chi connectivity index (χ1n) is 12.3. The van der Waals surface area contributed by atoms with E-state index in [4.69, 9.17) is 18.9 Å². The summed E-state index contributed by atoms with van der Waals surface area (Å²) in [5.74, 6) is -3.63. The van der Waals surface area contributed by atoms with E-state index >= 15 is 0 Å². The zero-order valence-electron chi connectivity index (χ0n) is 24.5. The summed E-state index contributed by atoms with van der Waals surface area (Å²) in [4.78, 5) is 62.7. The molecule has 0 heterocycles. The van der Waals surface area contributed by atoms with Gasteiger partial charge in [0.25, 0.3) is 0 Å².